The van der Waals surface area contributed by atoms with E-state index < -0.39 is 10.0 Å². The lowest BCUT2D eigenvalue weighted by molar-refractivity contribution is 0.509. The van der Waals surface area contributed by atoms with Crippen molar-refractivity contribution in [3.63, 3.8) is 0 Å². The van der Waals surface area contributed by atoms with Crippen molar-refractivity contribution in [2.45, 2.75) is 31.7 Å². The van der Waals surface area contributed by atoms with E-state index in [9.17, 15) is 8.42 Å². The largest absolute Gasteiger partial charge is 0.241 e. The summed E-state index contributed by atoms with van der Waals surface area (Å²) in [5.41, 5.74) is 3.88. The first-order chi connectivity index (χ1) is 8.86. The van der Waals surface area contributed by atoms with Crippen molar-refractivity contribution in [2.24, 2.45) is 5.92 Å². The van der Waals surface area contributed by atoms with Gasteiger partial charge in [-0.1, -0.05) is 47.5 Å². The third-order valence-electron chi connectivity index (χ3n) is 2.68. The zero-order valence-corrected chi connectivity index (χ0v) is 13.6. The van der Waals surface area contributed by atoms with Crippen molar-refractivity contribution in [3.8, 4) is 0 Å². The van der Waals surface area contributed by atoms with E-state index in [1.807, 2.05) is 20.8 Å². The lowest BCUT2D eigenvalue weighted by Gasteiger charge is -2.18. The van der Waals surface area contributed by atoms with Crippen LogP contribution in [0.15, 0.2) is 46.0 Å². The number of aryl methyl sites for hydroxylation is 1. The van der Waals surface area contributed by atoms with Crippen LogP contribution in [0.3, 0.4) is 0 Å². The van der Waals surface area contributed by atoms with E-state index in [-0.39, 0.29) is 16.9 Å². The van der Waals surface area contributed by atoms with Crippen molar-refractivity contribution in [2.75, 3.05) is 0 Å². The highest BCUT2D eigenvalue weighted by molar-refractivity contribution is 9.11. The molecule has 19 heavy (non-hydrogen) atoms. The molecule has 0 saturated carbocycles. The second kappa shape index (κ2) is 7.06. The van der Waals surface area contributed by atoms with Crippen molar-refractivity contribution in [3.05, 3.63) is 46.6 Å². The van der Waals surface area contributed by atoms with Crippen molar-refractivity contribution in [1.82, 2.24) is 4.72 Å². The molecule has 0 heterocycles. The van der Waals surface area contributed by atoms with Gasteiger partial charge in [0, 0.05) is 11.0 Å². The van der Waals surface area contributed by atoms with Crippen LogP contribution in [0.2, 0.25) is 0 Å². The molecule has 5 heteroatoms. The van der Waals surface area contributed by atoms with Crippen LogP contribution in [0.1, 0.15) is 19.4 Å². The first-order valence-corrected chi connectivity index (χ1v) is 8.37. The standard InChI is InChI=1S/C14H18BrNO2S/c1-11(2)14(5-4-10-15)16-19(17,18)13-8-6-12(3)7-9-13/h5-11,14,16H,1-3H3/t4?,14-/m1/s1. The maximum atomic E-state index is 12.2. The number of sulfonamides is 1. The molecular weight excluding hydrogens is 326 g/mol. The van der Waals surface area contributed by atoms with E-state index in [4.69, 9.17) is 0 Å². The molecule has 0 aliphatic heterocycles. The summed E-state index contributed by atoms with van der Waals surface area (Å²) in [6.07, 6.45) is 1.70. The van der Waals surface area contributed by atoms with Gasteiger partial charge in [0.2, 0.25) is 10.0 Å². The maximum Gasteiger partial charge on any atom is 0.241 e. The zero-order chi connectivity index (χ0) is 14.5. The van der Waals surface area contributed by atoms with Gasteiger partial charge in [0.05, 0.1) is 4.90 Å². The Morgan fingerprint density at radius 3 is 2.32 bits per heavy atom. The SMILES string of the molecule is Cc1ccc(S(=O)(=O)N[C@H](C=C=CBr)C(C)C)cc1. The Labute approximate surface area is 123 Å². The summed E-state index contributed by atoms with van der Waals surface area (Å²) in [7, 11) is -3.50. The highest BCUT2D eigenvalue weighted by Crippen LogP contribution is 2.13. The molecule has 0 aliphatic rings. The molecule has 1 aromatic carbocycles. The average Bonchev–Trinajstić information content (AvgIpc) is 2.34. The summed E-state index contributed by atoms with van der Waals surface area (Å²) in [5.74, 6) is 0.139. The van der Waals surface area contributed by atoms with Gasteiger partial charge in [0.25, 0.3) is 0 Å². The van der Waals surface area contributed by atoms with Crippen LogP contribution in [-0.2, 0) is 10.0 Å². The Morgan fingerprint density at radius 2 is 1.84 bits per heavy atom. The minimum atomic E-state index is -3.50. The summed E-state index contributed by atoms with van der Waals surface area (Å²) in [6, 6.07) is 6.50. The van der Waals surface area contributed by atoms with Gasteiger partial charge in [0.15, 0.2) is 0 Å². The fraction of sp³-hybridized carbons (Fsp3) is 0.357. The normalized spacial score (nSPS) is 12.9. The van der Waals surface area contributed by atoms with E-state index in [2.05, 4.69) is 26.4 Å². The Bertz CT molecular complexity index is 570. The van der Waals surface area contributed by atoms with E-state index in [0.29, 0.717) is 0 Å². The molecule has 1 atom stereocenters. The van der Waals surface area contributed by atoms with Gasteiger partial charge in [-0.05, 0) is 31.1 Å². The number of rotatable bonds is 5. The quantitative estimate of drug-likeness (QED) is 0.833. The molecule has 104 valence electrons. The van der Waals surface area contributed by atoms with E-state index in [1.54, 1.807) is 35.3 Å². The van der Waals surface area contributed by atoms with Gasteiger partial charge in [-0.15, -0.1) is 5.73 Å². The smallest absolute Gasteiger partial charge is 0.207 e. The second-order valence-electron chi connectivity index (χ2n) is 4.65. The van der Waals surface area contributed by atoms with Crippen LogP contribution in [0.5, 0.6) is 0 Å². The van der Waals surface area contributed by atoms with Gasteiger partial charge in [0.1, 0.15) is 0 Å². The highest BCUT2D eigenvalue weighted by atomic mass is 79.9. The van der Waals surface area contributed by atoms with E-state index in [1.165, 1.54) is 0 Å². The lowest BCUT2D eigenvalue weighted by Crippen LogP contribution is -2.36. The van der Waals surface area contributed by atoms with Crippen LogP contribution in [0, 0.1) is 12.8 Å². The molecule has 1 rings (SSSR count). The first-order valence-electron chi connectivity index (χ1n) is 5.97. The molecular formula is C14H18BrNO2S. The summed E-state index contributed by atoms with van der Waals surface area (Å²) >= 11 is 3.11. The van der Waals surface area contributed by atoms with E-state index >= 15 is 0 Å². The molecule has 0 fully saturated rings. The number of hydrogen-bond acceptors (Lipinski definition) is 2. The fourth-order valence-electron chi connectivity index (χ4n) is 1.47. The monoisotopic (exact) mass is 343 g/mol. The summed E-state index contributed by atoms with van der Waals surface area (Å²) in [6.45, 7) is 5.83. The molecule has 0 saturated heterocycles. The number of nitrogens with one attached hydrogen (secondary N) is 1. The van der Waals surface area contributed by atoms with Gasteiger partial charge in [-0.25, -0.2) is 13.1 Å². The molecule has 0 aromatic heterocycles. The second-order valence-corrected chi connectivity index (χ2v) is 6.82. The topological polar surface area (TPSA) is 46.2 Å². The van der Waals surface area contributed by atoms with E-state index in [0.717, 1.165) is 5.56 Å². The van der Waals surface area contributed by atoms with Crippen molar-refractivity contribution in [1.29, 1.82) is 0 Å². The van der Waals surface area contributed by atoms with Crippen LogP contribution in [-0.4, -0.2) is 14.5 Å². The maximum absolute atomic E-state index is 12.2. The number of halogens is 1. The molecule has 3 nitrogen and oxygen atoms in total. The predicted molar refractivity (Wildman–Crippen MR) is 81.7 cm³/mol. The summed E-state index contributed by atoms with van der Waals surface area (Å²) in [4.78, 5) is 1.85. The Balaban J connectivity index is 3.00. The van der Waals surface area contributed by atoms with Crippen LogP contribution in [0.4, 0.5) is 0 Å². The third kappa shape index (κ3) is 4.96. The Kier molecular flexibility index (Phi) is 6.01. The van der Waals surface area contributed by atoms with Crippen molar-refractivity contribution >= 4 is 26.0 Å². The van der Waals surface area contributed by atoms with Gasteiger partial charge in [-0.2, -0.15) is 0 Å². The zero-order valence-electron chi connectivity index (χ0n) is 11.2. The number of benzene rings is 1. The van der Waals surface area contributed by atoms with Crippen LogP contribution >= 0.6 is 15.9 Å². The fourth-order valence-corrected chi connectivity index (χ4v) is 2.95. The summed E-state index contributed by atoms with van der Waals surface area (Å²) < 4.78 is 27.2. The predicted octanol–water partition coefficient (Wildman–Crippen LogP) is 3.36. The Morgan fingerprint density at radius 1 is 1.26 bits per heavy atom. The van der Waals surface area contributed by atoms with Gasteiger partial charge in [-0.3, -0.25) is 0 Å². The van der Waals surface area contributed by atoms with Crippen molar-refractivity contribution < 1.29 is 8.42 Å². The molecule has 0 bridgehead atoms. The van der Waals surface area contributed by atoms with Gasteiger partial charge < -0.3 is 0 Å². The molecule has 0 radical (unpaired) electrons. The first kappa shape index (κ1) is 16.2. The van der Waals surface area contributed by atoms with Gasteiger partial charge >= 0.3 is 0 Å². The molecule has 1 N–H and O–H groups in total. The molecule has 0 amide bonds. The Hall–Kier alpha value is -0.870. The molecule has 0 spiro atoms. The highest BCUT2D eigenvalue weighted by Gasteiger charge is 2.20. The van der Waals surface area contributed by atoms with Crippen LogP contribution < -0.4 is 4.72 Å². The van der Waals surface area contributed by atoms with Crippen LogP contribution in [0.25, 0.3) is 0 Å². The molecule has 1 aromatic rings. The average molecular weight is 344 g/mol. The summed E-state index contributed by atoms with van der Waals surface area (Å²) in [5, 5.41) is 0. The minimum Gasteiger partial charge on any atom is -0.207 e. The number of hydrogen-bond donors (Lipinski definition) is 1. The molecule has 0 aliphatic carbocycles. The molecule has 0 unspecified atom stereocenters. The lowest BCUT2D eigenvalue weighted by atomic mass is 10.1. The minimum absolute atomic E-state index is 0.139. The third-order valence-corrected chi connectivity index (χ3v) is 4.42.